The third-order valence-electron chi connectivity index (χ3n) is 3.52. The van der Waals surface area contributed by atoms with Crippen LogP contribution in [0.1, 0.15) is 24.5 Å². The van der Waals surface area contributed by atoms with Crippen LogP contribution in [-0.4, -0.2) is 17.1 Å². The fourth-order valence-corrected chi connectivity index (χ4v) is 2.18. The summed E-state index contributed by atoms with van der Waals surface area (Å²) in [5.41, 5.74) is 0.811. The summed E-state index contributed by atoms with van der Waals surface area (Å²) < 4.78 is 32.4. The second-order valence-corrected chi connectivity index (χ2v) is 5.25. The van der Waals surface area contributed by atoms with E-state index in [1.807, 2.05) is 0 Å². The van der Waals surface area contributed by atoms with Gasteiger partial charge in [0.15, 0.2) is 17.7 Å². The van der Waals surface area contributed by atoms with Gasteiger partial charge in [0, 0.05) is 12.1 Å². The van der Waals surface area contributed by atoms with Gasteiger partial charge in [-0.1, -0.05) is 25.1 Å². The number of carbonyl (C=O) groups is 1. The Labute approximate surface area is 139 Å². The minimum Gasteiger partial charge on any atom is -0.478 e. The van der Waals surface area contributed by atoms with E-state index >= 15 is 0 Å². The summed E-state index contributed by atoms with van der Waals surface area (Å²) in [6.45, 7) is 1.50. The van der Waals surface area contributed by atoms with E-state index in [1.54, 1.807) is 13.0 Å². The fourth-order valence-electron chi connectivity index (χ4n) is 2.18. The van der Waals surface area contributed by atoms with Crippen molar-refractivity contribution >= 4 is 5.91 Å². The molecule has 2 aromatic carbocycles. The Morgan fingerprint density at radius 3 is 2.62 bits per heavy atom. The van der Waals surface area contributed by atoms with E-state index in [1.165, 1.54) is 36.4 Å². The summed E-state index contributed by atoms with van der Waals surface area (Å²) >= 11 is 0. The van der Waals surface area contributed by atoms with Crippen molar-refractivity contribution in [3.8, 4) is 5.75 Å². The number of hydrogen-bond acceptors (Lipinski definition) is 3. The van der Waals surface area contributed by atoms with Crippen molar-refractivity contribution < 1.29 is 23.4 Å². The van der Waals surface area contributed by atoms with Crippen molar-refractivity contribution in [3.05, 3.63) is 65.2 Å². The number of rotatable bonds is 7. The van der Waals surface area contributed by atoms with Gasteiger partial charge in [-0.25, -0.2) is 8.78 Å². The Morgan fingerprint density at radius 2 is 1.96 bits per heavy atom. The van der Waals surface area contributed by atoms with E-state index < -0.39 is 30.3 Å². The average molecular weight is 335 g/mol. The highest BCUT2D eigenvalue weighted by Gasteiger charge is 2.19. The summed E-state index contributed by atoms with van der Waals surface area (Å²) in [6.07, 6.45) is -0.467. The second-order valence-electron chi connectivity index (χ2n) is 5.25. The van der Waals surface area contributed by atoms with Gasteiger partial charge in [-0.2, -0.15) is 0 Å². The van der Waals surface area contributed by atoms with Crippen LogP contribution in [0.25, 0.3) is 0 Å². The molecule has 2 rings (SSSR count). The summed E-state index contributed by atoms with van der Waals surface area (Å²) in [4.78, 5) is 12.2. The van der Waals surface area contributed by atoms with Crippen LogP contribution in [0, 0.1) is 11.6 Å². The molecule has 1 unspecified atom stereocenters. The maximum absolute atomic E-state index is 13.6. The second kappa shape index (κ2) is 8.40. The van der Waals surface area contributed by atoms with Gasteiger partial charge < -0.3 is 15.2 Å². The molecular weight excluding hydrogens is 316 g/mol. The molecule has 2 aromatic rings. The molecule has 0 aliphatic carbocycles. The lowest BCUT2D eigenvalue weighted by Crippen LogP contribution is -2.37. The van der Waals surface area contributed by atoms with Crippen LogP contribution in [-0.2, 0) is 17.9 Å². The van der Waals surface area contributed by atoms with Crippen LogP contribution >= 0.6 is 0 Å². The van der Waals surface area contributed by atoms with E-state index in [4.69, 9.17) is 9.84 Å². The molecule has 2 N–H and O–H groups in total. The molecule has 1 amide bonds. The van der Waals surface area contributed by atoms with Gasteiger partial charge in [-0.05, 0) is 36.2 Å². The largest absolute Gasteiger partial charge is 0.478 e. The average Bonchev–Trinajstić information content (AvgIpc) is 2.60. The maximum Gasteiger partial charge on any atom is 0.261 e. The molecule has 0 radical (unpaired) electrons. The highest BCUT2D eigenvalue weighted by Crippen LogP contribution is 2.18. The van der Waals surface area contributed by atoms with Gasteiger partial charge in [-0.15, -0.1) is 0 Å². The Hall–Kier alpha value is -2.47. The standard InChI is InChI=1S/C18H19F2NO3/c1-2-16(24-17-6-4-3-5-15(17)20)18(23)21-10-12-7-8-14(19)13(9-12)11-22/h3-9,16,22H,2,10-11H2,1H3,(H,21,23). The first-order valence-electron chi connectivity index (χ1n) is 7.62. The van der Waals surface area contributed by atoms with Gasteiger partial charge in [0.05, 0.1) is 6.61 Å². The van der Waals surface area contributed by atoms with Crippen LogP contribution in [0.15, 0.2) is 42.5 Å². The van der Waals surface area contributed by atoms with Crippen LogP contribution < -0.4 is 10.1 Å². The highest BCUT2D eigenvalue weighted by atomic mass is 19.1. The molecule has 0 saturated heterocycles. The Bertz CT molecular complexity index is 706. The molecule has 0 bridgehead atoms. The predicted octanol–water partition coefficient (Wildman–Crippen LogP) is 2.93. The lowest BCUT2D eigenvalue weighted by Gasteiger charge is -2.17. The zero-order valence-electron chi connectivity index (χ0n) is 13.3. The van der Waals surface area contributed by atoms with Crippen molar-refractivity contribution in [3.63, 3.8) is 0 Å². The Balaban J connectivity index is 1.98. The lowest BCUT2D eigenvalue weighted by molar-refractivity contribution is -0.128. The first kappa shape index (κ1) is 17.9. The summed E-state index contributed by atoms with van der Waals surface area (Å²) in [5.74, 6) is -1.41. The number of ether oxygens (including phenoxy) is 1. The van der Waals surface area contributed by atoms with Crippen molar-refractivity contribution in [2.24, 2.45) is 0 Å². The first-order valence-corrected chi connectivity index (χ1v) is 7.62. The van der Waals surface area contributed by atoms with E-state index in [0.717, 1.165) is 0 Å². The smallest absolute Gasteiger partial charge is 0.261 e. The molecule has 0 spiro atoms. The molecule has 128 valence electrons. The van der Waals surface area contributed by atoms with Gasteiger partial charge in [0.2, 0.25) is 0 Å². The number of para-hydroxylation sites is 1. The van der Waals surface area contributed by atoms with Crippen LogP contribution in [0.5, 0.6) is 5.75 Å². The quantitative estimate of drug-likeness (QED) is 0.818. The molecule has 0 aliphatic rings. The molecule has 0 saturated carbocycles. The number of nitrogens with one attached hydrogen (secondary N) is 1. The molecule has 1 atom stereocenters. The number of aliphatic hydroxyl groups is 1. The van der Waals surface area contributed by atoms with E-state index in [0.29, 0.717) is 12.0 Å². The monoisotopic (exact) mass is 335 g/mol. The molecular formula is C18H19F2NO3. The SMILES string of the molecule is CCC(Oc1ccccc1F)C(=O)NCc1ccc(F)c(CO)c1. The van der Waals surface area contributed by atoms with E-state index in [2.05, 4.69) is 5.32 Å². The van der Waals surface area contributed by atoms with Gasteiger partial charge in [0.25, 0.3) is 5.91 Å². The van der Waals surface area contributed by atoms with Gasteiger partial charge in [-0.3, -0.25) is 4.79 Å². The minimum atomic E-state index is -0.834. The van der Waals surface area contributed by atoms with Crippen molar-refractivity contribution in [2.45, 2.75) is 32.6 Å². The van der Waals surface area contributed by atoms with Crippen LogP contribution in [0.4, 0.5) is 8.78 Å². The molecule has 0 aliphatic heterocycles. The van der Waals surface area contributed by atoms with Crippen molar-refractivity contribution in [2.75, 3.05) is 0 Å². The zero-order valence-corrected chi connectivity index (χ0v) is 13.3. The number of carbonyl (C=O) groups excluding carboxylic acids is 1. The number of halogens is 2. The maximum atomic E-state index is 13.6. The first-order chi connectivity index (χ1) is 11.5. The van der Waals surface area contributed by atoms with Crippen molar-refractivity contribution in [1.82, 2.24) is 5.32 Å². The Morgan fingerprint density at radius 1 is 1.21 bits per heavy atom. The summed E-state index contributed by atoms with van der Waals surface area (Å²) in [5, 5.41) is 11.7. The molecule has 0 fully saturated rings. The van der Waals surface area contributed by atoms with Gasteiger partial charge in [0.1, 0.15) is 5.82 Å². The summed E-state index contributed by atoms with van der Waals surface area (Å²) in [6, 6.07) is 10.1. The number of hydrogen-bond donors (Lipinski definition) is 2. The lowest BCUT2D eigenvalue weighted by atomic mass is 10.1. The number of benzene rings is 2. The number of amides is 1. The van der Waals surface area contributed by atoms with Crippen LogP contribution in [0.2, 0.25) is 0 Å². The fraction of sp³-hybridized carbons (Fsp3) is 0.278. The third kappa shape index (κ3) is 4.52. The normalized spacial score (nSPS) is 11.8. The molecule has 24 heavy (non-hydrogen) atoms. The molecule has 0 heterocycles. The topological polar surface area (TPSA) is 58.6 Å². The Kier molecular flexibility index (Phi) is 6.26. The molecule has 0 aromatic heterocycles. The zero-order chi connectivity index (χ0) is 17.5. The van der Waals surface area contributed by atoms with E-state index in [-0.39, 0.29) is 17.9 Å². The van der Waals surface area contributed by atoms with Crippen LogP contribution in [0.3, 0.4) is 0 Å². The van der Waals surface area contributed by atoms with E-state index in [9.17, 15) is 13.6 Å². The number of aliphatic hydroxyl groups excluding tert-OH is 1. The van der Waals surface area contributed by atoms with Gasteiger partial charge >= 0.3 is 0 Å². The minimum absolute atomic E-state index is 0.0175. The highest BCUT2D eigenvalue weighted by molar-refractivity contribution is 5.81. The predicted molar refractivity (Wildman–Crippen MR) is 85.3 cm³/mol. The molecule has 6 heteroatoms. The molecule has 4 nitrogen and oxygen atoms in total. The van der Waals surface area contributed by atoms with Crippen molar-refractivity contribution in [1.29, 1.82) is 0 Å². The third-order valence-corrected chi connectivity index (χ3v) is 3.52. The summed E-state index contributed by atoms with van der Waals surface area (Å²) in [7, 11) is 0.